The number of phenols is 3. The van der Waals surface area contributed by atoms with Crippen molar-refractivity contribution < 1.29 is 20.1 Å². The number of ether oxygens (including phenoxy) is 1. The van der Waals surface area contributed by atoms with Crippen molar-refractivity contribution >= 4 is 17.1 Å². The smallest absolute Gasteiger partial charge is 0.131 e. The second kappa shape index (κ2) is 8.55. The Hall–Kier alpha value is -4.12. The molecule has 0 aliphatic carbocycles. The van der Waals surface area contributed by atoms with Gasteiger partial charge >= 0.3 is 0 Å². The minimum Gasteiger partial charge on any atom is -0.508 e. The van der Waals surface area contributed by atoms with Gasteiger partial charge in [-0.2, -0.15) is 0 Å². The van der Waals surface area contributed by atoms with Crippen molar-refractivity contribution in [3.63, 3.8) is 0 Å². The van der Waals surface area contributed by atoms with Gasteiger partial charge in [0, 0.05) is 23.1 Å². The van der Waals surface area contributed by atoms with Crippen LogP contribution in [-0.4, -0.2) is 15.3 Å². The number of anilines is 3. The van der Waals surface area contributed by atoms with Crippen molar-refractivity contribution in [3.05, 3.63) is 95.6 Å². The molecule has 0 saturated heterocycles. The fourth-order valence-corrected chi connectivity index (χ4v) is 3.59. The van der Waals surface area contributed by atoms with E-state index in [-0.39, 0.29) is 17.2 Å². The molecule has 0 amide bonds. The summed E-state index contributed by atoms with van der Waals surface area (Å²) in [5.74, 6) is 1.84. The van der Waals surface area contributed by atoms with Crippen LogP contribution in [0.25, 0.3) is 0 Å². The largest absolute Gasteiger partial charge is 0.508 e. The molecule has 0 radical (unpaired) electrons. The zero-order valence-electron chi connectivity index (χ0n) is 18.2. The summed E-state index contributed by atoms with van der Waals surface area (Å²) in [7, 11) is 0. The number of benzene rings is 4. The third-order valence-electron chi connectivity index (χ3n) is 5.24. The first kappa shape index (κ1) is 21.1. The lowest BCUT2D eigenvalue weighted by Crippen LogP contribution is -2.10. The fourth-order valence-electron chi connectivity index (χ4n) is 3.59. The molecule has 0 atom stereocenters. The second-order valence-corrected chi connectivity index (χ2v) is 7.88. The molecular formula is C27H25NO4. The number of hydrogen-bond donors (Lipinski definition) is 3. The predicted octanol–water partition coefficient (Wildman–Crippen LogP) is 6.99. The van der Waals surface area contributed by atoms with Gasteiger partial charge in [-0.1, -0.05) is 0 Å². The highest BCUT2D eigenvalue weighted by atomic mass is 16.5. The maximum atomic E-state index is 9.98. The Morgan fingerprint density at radius 3 is 1.59 bits per heavy atom. The summed E-state index contributed by atoms with van der Waals surface area (Å²) in [5.41, 5.74) is 5.09. The number of phenolic OH excluding ortho intramolecular Hbond substituents is 3. The minimum atomic E-state index is 0.160. The zero-order chi connectivity index (χ0) is 22.8. The van der Waals surface area contributed by atoms with Crippen LogP contribution in [-0.2, 0) is 0 Å². The van der Waals surface area contributed by atoms with Gasteiger partial charge in [0.05, 0.1) is 0 Å². The molecule has 0 unspecified atom stereocenters. The third-order valence-corrected chi connectivity index (χ3v) is 5.24. The van der Waals surface area contributed by atoms with Crippen molar-refractivity contribution in [1.29, 1.82) is 0 Å². The van der Waals surface area contributed by atoms with E-state index in [9.17, 15) is 15.3 Å². The topological polar surface area (TPSA) is 73.2 Å². The molecule has 0 fully saturated rings. The highest BCUT2D eigenvalue weighted by molar-refractivity contribution is 5.78. The fraction of sp³-hybridized carbons (Fsp3) is 0.111. The summed E-state index contributed by atoms with van der Waals surface area (Å²) < 4.78 is 5.91. The highest BCUT2D eigenvalue weighted by Gasteiger charge is 2.15. The molecular weight excluding hydrogens is 402 g/mol. The van der Waals surface area contributed by atoms with Crippen LogP contribution >= 0.6 is 0 Å². The van der Waals surface area contributed by atoms with Crippen LogP contribution in [0.4, 0.5) is 17.1 Å². The molecule has 162 valence electrons. The van der Waals surface area contributed by atoms with Gasteiger partial charge in [-0.15, -0.1) is 0 Å². The summed E-state index contributed by atoms with van der Waals surface area (Å²) in [6.07, 6.45) is 0. The molecule has 3 N–H and O–H groups in total. The van der Waals surface area contributed by atoms with Crippen molar-refractivity contribution in [1.82, 2.24) is 0 Å². The van der Waals surface area contributed by atoms with E-state index in [1.807, 2.05) is 80.3 Å². The first-order valence-corrected chi connectivity index (χ1v) is 10.3. The first-order chi connectivity index (χ1) is 15.3. The Morgan fingerprint density at radius 2 is 1.09 bits per heavy atom. The molecule has 0 aliphatic heterocycles. The summed E-state index contributed by atoms with van der Waals surface area (Å²) in [6.45, 7) is 5.60. The molecule has 5 nitrogen and oxygen atoms in total. The van der Waals surface area contributed by atoms with E-state index in [2.05, 4.69) is 0 Å². The third kappa shape index (κ3) is 4.47. The Bertz CT molecular complexity index is 1190. The van der Waals surface area contributed by atoms with Crippen molar-refractivity contribution in [2.24, 2.45) is 0 Å². The van der Waals surface area contributed by atoms with E-state index >= 15 is 0 Å². The van der Waals surface area contributed by atoms with Crippen LogP contribution in [0.2, 0.25) is 0 Å². The molecule has 0 saturated carbocycles. The minimum absolute atomic E-state index is 0.160. The molecule has 32 heavy (non-hydrogen) atoms. The van der Waals surface area contributed by atoms with Crippen molar-refractivity contribution in [3.8, 4) is 28.7 Å². The van der Waals surface area contributed by atoms with Crippen LogP contribution in [0.15, 0.2) is 78.9 Å². The first-order valence-electron chi connectivity index (χ1n) is 10.3. The Labute approximate surface area is 187 Å². The summed E-state index contributed by atoms with van der Waals surface area (Å²) >= 11 is 0. The van der Waals surface area contributed by atoms with E-state index in [4.69, 9.17) is 4.74 Å². The van der Waals surface area contributed by atoms with Gasteiger partial charge in [-0.05, 0) is 110 Å². The lowest BCUT2D eigenvalue weighted by Gasteiger charge is -2.26. The molecule has 0 aromatic heterocycles. The Morgan fingerprint density at radius 1 is 0.562 bits per heavy atom. The van der Waals surface area contributed by atoms with E-state index in [1.165, 1.54) is 0 Å². The summed E-state index contributed by atoms with van der Waals surface area (Å²) in [5, 5.41) is 29.8. The van der Waals surface area contributed by atoms with Gasteiger partial charge in [-0.3, -0.25) is 0 Å². The number of aryl methyl sites for hydroxylation is 3. The van der Waals surface area contributed by atoms with E-state index < -0.39 is 0 Å². The van der Waals surface area contributed by atoms with Crippen molar-refractivity contribution in [2.45, 2.75) is 20.8 Å². The molecule has 0 aliphatic rings. The van der Waals surface area contributed by atoms with Gasteiger partial charge in [0.15, 0.2) is 0 Å². The molecule has 4 aromatic carbocycles. The normalized spacial score (nSPS) is 10.7. The quantitative estimate of drug-likeness (QED) is 0.320. The van der Waals surface area contributed by atoms with Crippen molar-refractivity contribution in [2.75, 3.05) is 4.90 Å². The lowest BCUT2D eigenvalue weighted by molar-refractivity contribution is 0.454. The lowest BCUT2D eigenvalue weighted by atomic mass is 10.1. The van der Waals surface area contributed by atoms with Crippen LogP contribution in [0.5, 0.6) is 28.7 Å². The Kier molecular flexibility index (Phi) is 5.65. The molecule has 4 aromatic rings. The van der Waals surface area contributed by atoms with Crippen LogP contribution in [0.1, 0.15) is 16.7 Å². The van der Waals surface area contributed by atoms with E-state index in [0.29, 0.717) is 11.5 Å². The molecule has 5 heteroatoms. The SMILES string of the molecule is Cc1cc(O)cc(Oc2ccc(N(c3ccc(O)c(C)c3)c3ccc(O)c(C)c3)cc2)c1. The standard InChI is InChI=1S/C27H25NO4/c1-17-12-23(29)16-25(13-17)32-24-8-4-20(5-9-24)28(21-6-10-26(30)18(2)14-21)22-7-11-27(31)19(3)15-22/h4-16,29-31H,1-3H3. The number of aromatic hydroxyl groups is 3. The zero-order valence-corrected chi connectivity index (χ0v) is 18.2. The average molecular weight is 428 g/mol. The van der Waals surface area contributed by atoms with Crippen LogP contribution < -0.4 is 9.64 Å². The van der Waals surface area contributed by atoms with Crippen LogP contribution in [0.3, 0.4) is 0 Å². The van der Waals surface area contributed by atoms with E-state index in [0.717, 1.165) is 33.8 Å². The second-order valence-electron chi connectivity index (χ2n) is 7.88. The highest BCUT2D eigenvalue weighted by Crippen LogP contribution is 2.39. The maximum Gasteiger partial charge on any atom is 0.131 e. The molecule has 0 bridgehead atoms. The van der Waals surface area contributed by atoms with Gasteiger partial charge < -0.3 is 25.0 Å². The van der Waals surface area contributed by atoms with Crippen LogP contribution in [0, 0.1) is 20.8 Å². The number of hydrogen-bond acceptors (Lipinski definition) is 5. The number of nitrogens with zero attached hydrogens (tertiary/aromatic N) is 1. The summed E-state index contributed by atoms with van der Waals surface area (Å²) in [4.78, 5) is 2.04. The molecule has 0 spiro atoms. The van der Waals surface area contributed by atoms with Gasteiger partial charge in [0.1, 0.15) is 28.7 Å². The Balaban J connectivity index is 1.72. The predicted molar refractivity (Wildman–Crippen MR) is 127 cm³/mol. The van der Waals surface area contributed by atoms with E-state index in [1.54, 1.807) is 24.3 Å². The summed E-state index contributed by atoms with van der Waals surface area (Å²) in [6, 6.07) is 23.6. The molecule has 0 heterocycles. The monoisotopic (exact) mass is 427 g/mol. The number of rotatable bonds is 5. The van der Waals surface area contributed by atoms with Gasteiger partial charge in [0.2, 0.25) is 0 Å². The molecule has 4 rings (SSSR count). The van der Waals surface area contributed by atoms with Gasteiger partial charge in [-0.25, -0.2) is 0 Å². The maximum absolute atomic E-state index is 9.98. The average Bonchev–Trinajstić information content (AvgIpc) is 2.74. The van der Waals surface area contributed by atoms with Gasteiger partial charge in [0.25, 0.3) is 0 Å².